The fourth-order valence-corrected chi connectivity index (χ4v) is 3.19. The number of ether oxygens (including phenoxy) is 1. The summed E-state index contributed by atoms with van der Waals surface area (Å²) >= 11 is 1.64. The first-order chi connectivity index (χ1) is 10.8. The Morgan fingerprint density at radius 2 is 2.04 bits per heavy atom. The summed E-state index contributed by atoms with van der Waals surface area (Å²) in [6, 6.07) is 6.04. The van der Waals surface area contributed by atoms with Gasteiger partial charge in [0.2, 0.25) is 0 Å². The lowest BCUT2D eigenvalue weighted by atomic mass is 10.1. The van der Waals surface area contributed by atoms with Crippen LogP contribution in [0.3, 0.4) is 0 Å². The van der Waals surface area contributed by atoms with Gasteiger partial charge in [-0.1, -0.05) is 17.7 Å². The number of aryl methyl sites for hydroxylation is 3. The van der Waals surface area contributed by atoms with Crippen molar-refractivity contribution in [3.05, 3.63) is 45.4 Å². The zero-order chi connectivity index (χ0) is 17.0. The van der Waals surface area contributed by atoms with Crippen molar-refractivity contribution in [3.63, 3.8) is 0 Å². The van der Waals surface area contributed by atoms with Crippen LogP contribution in [-0.2, 0) is 5.54 Å². The van der Waals surface area contributed by atoms with E-state index < -0.39 is 6.10 Å². The molecular weight excluding hydrogens is 308 g/mol. The molecular formula is C18H26N2O2S. The Labute approximate surface area is 142 Å². The van der Waals surface area contributed by atoms with Crippen LogP contribution in [0.2, 0.25) is 0 Å². The van der Waals surface area contributed by atoms with Crippen molar-refractivity contribution >= 4 is 11.3 Å². The van der Waals surface area contributed by atoms with E-state index in [0.29, 0.717) is 6.54 Å². The number of thiazole rings is 1. The Kier molecular flexibility index (Phi) is 5.79. The first-order valence-electron chi connectivity index (χ1n) is 7.83. The molecule has 0 aliphatic heterocycles. The van der Waals surface area contributed by atoms with Gasteiger partial charge in [-0.2, -0.15) is 0 Å². The van der Waals surface area contributed by atoms with Crippen molar-refractivity contribution in [2.45, 2.75) is 46.3 Å². The standard InChI is InChI=1S/C18H26N2O2S/c1-12-6-7-16(13(2)8-12)22-10-15(21)9-19-18(4,5)17-20-14(3)11-23-17/h6-8,11,15,19,21H,9-10H2,1-5H3. The third-order valence-electron chi connectivity index (χ3n) is 3.69. The van der Waals surface area contributed by atoms with E-state index in [1.165, 1.54) is 5.56 Å². The van der Waals surface area contributed by atoms with Crippen LogP contribution in [0.5, 0.6) is 5.75 Å². The van der Waals surface area contributed by atoms with E-state index in [9.17, 15) is 5.11 Å². The van der Waals surface area contributed by atoms with Gasteiger partial charge in [0.1, 0.15) is 23.5 Å². The Bertz CT molecular complexity index is 652. The lowest BCUT2D eigenvalue weighted by Gasteiger charge is -2.25. The molecule has 2 rings (SSSR count). The lowest BCUT2D eigenvalue weighted by Crippen LogP contribution is -2.42. The third-order valence-corrected chi connectivity index (χ3v) is 4.98. The highest BCUT2D eigenvalue weighted by Gasteiger charge is 2.24. The van der Waals surface area contributed by atoms with Gasteiger partial charge in [-0.05, 0) is 46.2 Å². The molecule has 4 nitrogen and oxygen atoms in total. The molecule has 1 heterocycles. The molecule has 0 amide bonds. The van der Waals surface area contributed by atoms with E-state index in [4.69, 9.17) is 4.74 Å². The molecule has 0 bridgehead atoms. The second-order valence-corrected chi connectivity index (χ2v) is 7.39. The molecule has 1 unspecified atom stereocenters. The quantitative estimate of drug-likeness (QED) is 0.815. The van der Waals surface area contributed by atoms with Crippen molar-refractivity contribution in [1.29, 1.82) is 0 Å². The Morgan fingerprint density at radius 1 is 1.30 bits per heavy atom. The summed E-state index contributed by atoms with van der Waals surface area (Å²) in [5, 5.41) is 16.6. The van der Waals surface area contributed by atoms with Gasteiger partial charge in [0.15, 0.2) is 0 Å². The smallest absolute Gasteiger partial charge is 0.122 e. The molecule has 0 spiro atoms. The number of hydrogen-bond donors (Lipinski definition) is 2. The summed E-state index contributed by atoms with van der Waals surface area (Å²) in [6.07, 6.45) is -0.573. The van der Waals surface area contributed by atoms with Crippen molar-refractivity contribution in [2.75, 3.05) is 13.2 Å². The molecule has 23 heavy (non-hydrogen) atoms. The molecule has 1 aromatic heterocycles. The monoisotopic (exact) mass is 334 g/mol. The van der Waals surface area contributed by atoms with Gasteiger partial charge in [-0.3, -0.25) is 0 Å². The largest absolute Gasteiger partial charge is 0.491 e. The second-order valence-electron chi connectivity index (χ2n) is 6.53. The van der Waals surface area contributed by atoms with Crippen LogP contribution < -0.4 is 10.1 Å². The van der Waals surface area contributed by atoms with E-state index in [0.717, 1.165) is 22.0 Å². The molecule has 126 valence electrons. The number of aliphatic hydroxyl groups is 1. The van der Waals surface area contributed by atoms with Crippen molar-refractivity contribution in [3.8, 4) is 5.75 Å². The number of aromatic nitrogens is 1. The average molecular weight is 334 g/mol. The van der Waals surface area contributed by atoms with Crippen LogP contribution in [0, 0.1) is 20.8 Å². The topological polar surface area (TPSA) is 54.4 Å². The van der Waals surface area contributed by atoms with E-state index in [2.05, 4.69) is 37.1 Å². The molecule has 0 fully saturated rings. The van der Waals surface area contributed by atoms with Crippen molar-refractivity contribution in [2.24, 2.45) is 0 Å². The van der Waals surface area contributed by atoms with Crippen LogP contribution in [0.1, 0.15) is 35.7 Å². The summed E-state index contributed by atoms with van der Waals surface area (Å²) in [6.45, 7) is 10.9. The summed E-state index contributed by atoms with van der Waals surface area (Å²) in [5.41, 5.74) is 3.06. The molecule has 1 aromatic carbocycles. The zero-order valence-electron chi connectivity index (χ0n) is 14.5. The number of nitrogens with one attached hydrogen (secondary N) is 1. The normalized spacial score (nSPS) is 13.1. The lowest BCUT2D eigenvalue weighted by molar-refractivity contribution is 0.0984. The van der Waals surface area contributed by atoms with Crippen LogP contribution in [0.4, 0.5) is 0 Å². The minimum absolute atomic E-state index is 0.264. The Morgan fingerprint density at radius 3 is 2.65 bits per heavy atom. The van der Waals surface area contributed by atoms with Crippen molar-refractivity contribution < 1.29 is 9.84 Å². The highest BCUT2D eigenvalue weighted by atomic mass is 32.1. The van der Waals surface area contributed by atoms with Crippen LogP contribution in [0.15, 0.2) is 23.6 Å². The van der Waals surface area contributed by atoms with Gasteiger partial charge in [0.25, 0.3) is 0 Å². The van der Waals surface area contributed by atoms with Gasteiger partial charge in [0, 0.05) is 17.6 Å². The maximum absolute atomic E-state index is 10.2. The predicted molar refractivity (Wildman–Crippen MR) is 95.3 cm³/mol. The van der Waals surface area contributed by atoms with E-state index >= 15 is 0 Å². The molecule has 0 aliphatic carbocycles. The Balaban J connectivity index is 1.84. The fourth-order valence-electron chi connectivity index (χ4n) is 2.30. The molecule has 0 saturated heterocycles. The number of benzene rings is 1. The van der Waals surface area contributed by atoms with Crippen LogP contribution in [0.25, 0.3) is 0 Å². The third kappa shape index (κ3) is 5.03. The highest BCUT2D eigenvalue weighted by molar-refractivity contribution is 7.09. The predicted octanol–water partition coefficient (Wildman–Crippen LogP) is 3.33. The maximum atomic E-state index is 10.2. The summed E-state index contributed by atoms with van der Waals surface area (Å²) in [4.78, 5) is 4.52. The van der Waals surface area contributed by atoms with Crippen LogP contribution in [-0.4, -0.2) is 29.3 Å². The van der Waals surface area contributed by atoms with Gasteiger partial charge < -0.3 is 15.2 Å². The molecule has 2 N–H and O–H groups in total. The minimum atomic E-state index is -0.573. The number of aliphatic hydroxyl groups excluding tert-OH is 1. The van der Waals surface area contributed by atoms with Crippen LogP contribution >= 0.6 is 11.3 Å². The van der Waals surface area contributed by atoms with Gasteiger partial charge in [0.05, 0.1) is 5.54 Å². The van der Waals surface area contributed by atoms with E-state index in [1.54, 1.807) is 11.3 Å². The molecule has 2 aromatic rings. The fraction of sp³-hybridized carbons (Fsp3) is 0.500. The summed E-state index contributed by atoms with van der Waals surface area (Å²) in [7, 11) is 0. The van der Waals surface area contributed by atoms with E-state index in [1.807, 2.05) is 31.4 Å². The summed E-state index contributed by atoms with van der Waals surface area (Å²) < 4.78 is 5.73. The Hall–Kier alpha value is -1.43. The maximum Gasteiger partial charge on any atom is 0.122 e. The number of nitrogens with zero attached hydrogens (tertiary/aromatic N) is 1. The average Bonchev–Trinajstić information content (AvgIpc) is 2.92. The molecule has 0 radical (unpaired) electrons. The molecule has 0 saturated carbocycles. The summed E-state index contributed by atoms with van der Waals surface area (Å²) in [5.74, 6) is 0.824. The van der Waals surface area contributed by atoms with E-state index in [-0.39, 0.29) is 12.1 Å². The van der Waals surface area contributed by atoms with Gasteiger partial charge in [-0.15, -0.1) is 11.3 Å². The SMILES string of the molecule is Cc1ccc(OCC(O)CNC(C)(C)c2nc(C)cs2)c(C)c1. The van der Waals surface area contributed by atoms with Crippen molar-refractivity contribution in [1.82, 2.24) is 10.3 Å². The minimum Gasteiger partial charge on any atom is -0.491 e. The first kappa shape index (κ1) is 17.9. The second kappa shape index (κ2) is 7.43. The molecule has 5 heteroatoms. The van der Waals surface area contributed by atoms with Gasteiger partial charge >= 0.3 is 0 Å². The highest BCUT2D eigenvalue weighted by Crippen LogP contribution is 2.23. The molecule has 1 atom stereocenters. The van der Waals surface area contributed by atoms with Gasteiger partial charge in [-0.25, -0.2) is 4.98 Å². The zero-order valence-corrected chi connectivity index (χ0v) is 15.3. The molecule has 0 aliphatic rings. The number of hydrogen-bond acceptors (Lipinski definition) is 5. The first-order valence-corrected chi connectivity index (χ1v) is 8.71. The number of rotatable bonds is 7.